The van der Waals surface area contributed by atoms with Gasteiger partial charge in [-0.1, -0.05) is 105 Å². The molecule has 2 aromatic heterocycles. The summed E-state index contributed by atoms with van der Waals surface area (Å²) in [7, 11) is 0. The Hall–Kier alpha value is -4.78. The average Bonchev–Trinajstić information content (AvgIpc) is 3.08. The highest BCUT2D eigenvalue weighted by Crippen LogP contribution is 2.54. The van der Waals surface area contributed by atoms with Crippen molar-refractivity contribution in [2.45, 2.75) is 0 Å². The highest BCUT2D eigenvalue weighted by molar-refractivity contribution is 9.10. The van der Waals surface area contributed by atoms with Gasteiger partial charge in [-0.25, -0.2) is 19.9 Å². The van der Waals surface area contributed by atoms with Crippen molar-refractivity contribution in [1.29, 1.82) is 0 Å². The maximum absolute atomic E-state index is 4.50. The summed E-state index contributed by atoms with van der Waals surface area (Å²) in [6.45, 7) is 0. The van der Waals surface area contributed by atoms with E-state index in [4.69, 9.17) is 0 Å². The van der Waals surface area contributed by atoms with Gasteiger partial charge in [0.25, 0.3) is 0 Å². The number of hydrogen-bond acceptors (Lipinski definition) is 4. The molecule has 0 aliphatic heterocycles. The zero-order chi connectivity index (χ0) is 29.6. The largest absolute Gasteiger partial charge is 0.244 e. The number of nitrogens with zero attached hydrogens (tertiary/aromatic N) is 4. The Kier molecular flexibility index (Phi) is 6.74. The van der Waals surface area contributed by atoms with Crippen molar-refractivity contribution in [2.75, 3.05) is 0 Å². The third kappa shape index (κ3) is 4.41. The first-order chi connectivity index (χ1) is 21.7. The van der Waals surface area contributed by atoms with E-state index in [9.17, 15) is 0 Å². The Labute approximate surface area is 270 Å². The van der Waals surface area contributed by atoms with Gasteiger partial charge in [0.05, 0.1) is 0 Å². The Morgan fingerprint density at radius 3 is 1.14 bits per heavy atom. The van der Waals surface area contributed by atoms with Crippen LogP contribution in [0.15, 0.2) is 143 Å². The van der Waals surface area contributed by atoms with E-state index >= 15 is 0 Å². The van der Waals surface area contributed by atoms with Crippen LogP contribution in [0.3, 0.4) is 0 Å². The maximum atomic E-state index is 4.50. The Bertz CT molecular complexity index is 2160. The predicted octanol–water partition coefficient (Wildman–Crippen LogP) is 10.9. The molecule has 8 rings (SSSR count). The van der Waals surface area contributed by atoms with Crippen LogP contribution in [-0.4, -0.2) is 19.9 Å². The van der Waals surface area contributed by atoms with E-state index in [2.05, 4.69) is 149 Å². The van der Waals surface area contributed by atoms with Crippen molar-refractivity contribution in [3.63, 3.8) is 0 Å². The molecule has 0 atom stereocenters. The number of benzene rings is 6. The molecule has 0 amide bonds. The Morgan fingerprint density at radius 1 is 0.364 bits per heavy atom. The van der Waals surface area contributed by atoms with E-state index in [0.29, 0.717) is 0 Å². The Balaban J connectivity index is 1.79. The van der Waals surface area contributed by atoms with Crippen molar-refractivity contribution in [1.82, 2.24) is 19.9 Å². The van der Waals surface area contributed by atoms with Crippen LogP contribution in [0.25, 0.3) is 76.8 Å². The second-order valence-corrected chi connectivity index (χ2v) is 12.4. The maximum Gasteiger partial charge on any atom is 0.115 e. The second kappa shape index (κ2) is 11.1. The topological polar surface area (TPSA) is 51.6 Å². The molecule has 208 valence electrons. The minimum Gasteiger partial charge on any atom is -0.244 e. The lowest BCUT2D eigenvalue weighted by Gasteiger charge is -2.26. The monoisotopic (exact) mass is 692 g/mol. The molecule has 0 saturated carbocycles. The molecule has 0 fully saturated rings. The number of hydrogen-bond donors (Lipinski definition) is 0. The van der Waals surface area contributed by atoms with Crippen LogP contribution in [0.4, 0.5) is 0 Å². The third-order valence-electron chi connectivity index (χ3n) is 8.12. The van der Waals surface area contributed by atoms with E-state index in [1.165, 1.54) is 10.8 Å². The third-order valence-corrected chi connectivity index (χ3v) is 9.10. The predicted molar refractivity (Wildman–Crippen MR) is 187 cm³/mol. The molecule has 0 radical (unpaired) electrons. The molecule has 6 heteroatoms. The summed E-state index contributed by atoms with van der Waals surface area (Å²) in [5, 5.41) is 7.02. The van der Waals surface area contributed by atoms with Crippen LogP contribution in [-0.2, 0) is 0 Å². The standard InChI is InChI=1S/C38H22Br2N4/c39-27-11-13-29-30-14-12-28(40)16-32(30)38-34(24-9-5-2-6-10-24)36(26-19-43-22-44-20-26)35(25-17-41-21-42-18-25)33(37(38)31(29)15-27)23-7-3-1-4-8-23/h1-22H. The van der Waals surface area contributed by atoms with Gasteiger partial charge < -0.3 is 0 Å². The summed E-state index contributed by atoms with van der Waals surface area (Å²) in [4.78, 5) is 18.0. The first-order valence-electron chi connectivity index (χ1n) is 14.1. The first-order valence-corrected chi connectivity index (χ1v) is 15.7. The fraction of sp³-hybridized carbons (Fsp3) is 0. The molecule has 4 nitrogen and oxygen atoms in total. The molecule has 0 aliphatic rings. The average molecular weight is 694 g/mol. The molecule has 0 unspecified atom stereocenters. The zero-order valence-corrected chi connectivity index (χ0v) is 26.4. The van der Waals surface area contributed by atoms with Crippen molar-refractivity contribution in [2.24, 2.45) is 0 Å². The van der Waals surface area contributed by atoms with E-state index in [1.54, 1.807) is 12.7 Å². The van der Waals surface area contributed by atoms with Gasteiger partial charge in [-0.3, -0.25) is 0 Å². The Morgan fingerprint density at radius 2 is 0.750 bits per heavy atom. The van der Waals surface area contributed by atoms with E-state index in [1.807, 2.05) is 24.8 Å². The van der Waals surface area contributed by atoms with Crippen LogP contribution < -0.4 is 0 Å². The molecule has 0 bridgehead atoms. The van der Waals surface area contributed by atoms with Crippen LogP contribution in [0.1, 0.15) is 0 Å². The van der Waals surface area contributed by atoms with Crippen LogP contribution >= 0.6 is 31.9 Å². The number of rotatable bonds is 4. The minimum atomic E-state index is 0.918. The number of aromatic nitrogens is 4. The molecule has 8 aromatic rings. The second-order valence-electron chi connectivity index (χ2n) is 10.6. The van der Waals surface area contributed by atoms with Crippen molar-refractivity contribution >= 4 is 64.2 Å². The molecule has 6 aromatic carbocycles. The van der Waals surface area contributed by atoms with Crippen LogP contribution in [0.2, 0.25) is 0 Å². The molecule has 0 spiro atoms. The molecule has 0 aliphatic carbocycles. The lowest BCUT2D eigenvalue weighted by Crippen LogP contribution is -2.00. The highest BCUT2D eigenvalue weighted by Gasteiger charge is 2.27. The van der Waals surface area contributed by atoms with Gasteiger partial charge in [0.1, 0.15) is 12.7 Å². The molecule has 0 N–H and O–H groups in total. The van der Waals surface area contributed by atoms with Gasteiger partial charge in [0, 0.05) is 56.0 Å². The van der Waals surface area contributed by atoms with E-state index in [-0.39, 0.29) is 0 Å². The quantitative estimate of drug-likeness (QED) is 0.172. The number of fused-ring (bicyclic) bond motifs is 6. The zero-order valence-electron chi connectivity index (χ0n) is 23.2. The van der Waals surface area contributed by atoms with Crippen LogP contribution in [0.5, 0.6) is 0 Å². The van der Waals surface area contributed by atoms with Gasteiger partial charge in [0.2, 0.25) is 0 Å². The lowest BCUT2D eigenvalue weighted by atomic mass is 9.77. The summed E-state index contributed by atoms with van der Waals surface area (Å²) in [5.74, 6) is 0. The van der Waals surface area contributed by atoms with Crippen molar-refractivity contribution in [3.05, 3.63) is 143 Å². The molecule has 0 saturated heterocycles. The fourth-order valence-electron chi connectivity index (χ4n) is 6.43. The van der Waals surface area contributed by atoms with Crippen molar-refractivity contribution < 1.29 is 0 Å². The van der Waals surface area contributed by atoms with Crippen LogP contribution in [0, 0.1) is 0 Å². The summed E-state index contributed by atoms with van der Waals surface area (Å²) < 4.78 is 2.04. The smallest absolute Gasteiger partial charge is 0.115 e. The fourth-order valence-corrected chi connectivity index (χ4v) is 7.15. The normalized spacial score (nSPS) is 11.4. The molecular weight excluding hydrogens is 672 g/mol. The summed E-state index contributed by atoms with van der Waals surface area (Å²) in [5.41, 5.74) is 8.33. The van der Waals surface area contributed by atoms with Gasteiger partial charge in [-0.15, -0.1) is 0 Å². The van der Waals surface area contributed by atoms with Gasteiger partial charge in [-0.2, -0.15) is 0 Å². The van der Waals surface area contributed by atoms with E-state index in [0.717, 1.165) is 75.0 Å². The molecular formula is C38H22Br2N4. The van der Waals surface area contributed by atoms with E-state index < -0.39 is 0 Å². The lowest BCUT2D eigenvalue weighted by molar-refractivity contribution is 1.16. The first kappa shape index (κ1) is 26.8. The summed E-state index contributed by atoms with van der Waals surface area (Å²) >= 11 is 7.62. The SMILES string of the molecule is Brc1ccc2c3ccc(Br)cc3c3c(-c4ccccc4)c(-c4cncnc4)c(-c4cncnc4)c(-c4ccccc4)c3c2c1. The summed E-state index contributed by atoms with van der Waals surface area (Å²) in [6, 6.07) is 34.4. The van der Waals surface area contributed by atoms with Crippen molar-refractivity contribution in [3.8, 4) is 44.5 Å². The number of halogens is 2. The van der Waals surface area contributed by atoms with Gasteiger partial charge >= 0.3 is 0 Å². The molecule has 2 heterocycles. The summed E-state index contributed by atoms with van der Waals surface area (Å²) in [6.07, 6.45) is 10.8. The van der Waals surface area contributed by atoms with Gasteiger partial charge in [-0.05, 0) is 78.8 Å². The van der Waals surface area contributed by atoms with Gasteiger partial charge in [0.15, 0.2) is 0 Å². The molecule has 44 heavy (non-hydrogen) atoms. The minimum absolute atomic E-state index is 0.918. The highest BCUT2D eigenvalue weighted by atomic mass is 79.9.